The van der Waals surface area contributed by atoms with Crippen molar-refractivity contribution in [2.24, 2.45) is 11.8 Å². The molecule has 0 bridgehead atoms. The summed E-state index contributed by atoms with van der Waals surface area (Å²) >= 11 is 13.0. The molecule has 0 aliphatic heterocycles. The molecule has 5 rings (SSSR count). The number of aromatic nitrogens is 3. The molecule has 1 aliphatic carbocycles. The highest BCUT2D eigenvalue weighted by Crippen LogP contribution is 2.39. The number of hydrogen-bond donors (Lipinski definition) is 4. The number of esters is 1. The van der Waals surface area contributed by atoms with Crippen molar-refractivity contribution in [3.63, 3.8) is 0 Å². The van der Waals surface area contributed by atoms with E-state index in [4.69, 9.17) is 37.2 Å². The second-order valence-electron chi connectivity index (χ2n) is 13.6. The molecular formula is C38H46Cl2N6O7. The predicted molar refractivity (Wildman–Crippen MR) is 199 cm³/mol. The standard InChI is InChI=1S/C38H46Cl2N6O7/c1-6-16-51-35(48)32-44-34(53-46-32)30(22(5)8-3)42-36(49)38(15-14-28-26(19-38)25-17-24(39)18-27(40)31(25)41-28)45-33(47)29(21(4)7-2)43-37(50)52-20-23-12-10-9-11-13-23/h9-13,17-18,21-22,29-30,41H,6-8,14-16,19-20H2,1-5H3,(H,42,49)(H,43,50)(H,45,47)/t21?,22-,29?,30?,38-/m0/s1. The Bertz CT molecular complexity index is 1930. The van der Waals surface area contributed by atoms with Crippen LogP contribution in [0.3, 0.4) is 0 Å². The fourth-order valence-electron chi connectivity index (χ4n) is 6.40. The first-order valence-corrected chi connectivity index (χ1v) is 18.7. The van der Waals surface area contributed by atoms with Gasteiger partial charge >= 0.3 is 12.1 Å². The van der Waals surface area contributed by atoms with E-state index < -0.39 is 41.5 Å². The van der Waals surface area contributed by atoms with Crippen LogP contribution in [-0.2, 0) is 38.5 Å². The minimum absolute atomic E-state index is 0.0209. The number of ether oxygens (including phenoxy) is 2. The zero-order valence-electron chi connectivity index (χ0n) is 30.5. The van der Waals surface area contributed by atoms with Crippen molar-refractivity contribution < 1.29 is 33.2 Å². The van der Waals surface area contributed by atoms with Crippen molar-refractivity contribution >= 4 is 58.0 Å². The summed E-state index contributed by atoms with van der Waals surface area (Å²) in [5, 5.41) is 14.3. The number of amides is 3. The Kier molecular flexibility index (Phi) is 13.0. The van der Waals surface area contributed by atoms with E-state index in [-0.39, 0.29) is 49.6 Å². The highest BCUT2D eigenvalue weighted by molar-refractivity contribution is 6.38. The largest absolute Gasteiger partial charge is 0.460 e. The van der Waals surface area contributed by atoms with Gasteiger partial charge in [0.2, 0.25) is 17.7 Å². The Morgan fingerprint density at radius 2 is 1.74 bits per heavy atom. The van der Waals surface area contributed by atoms with Crippen LogP contribution in [0.5, 0.6) is 0 Å². The third kappa shape index (κ3) is 9.13. The number of aromatic amines is 1. The van der Waals surface area contributed by atoms with Crippen LogP contribution in [0.15, 0.2) is 47.0 Å². The number of fused-ring (bicyclic) bond motifs is 3. The van der Waals surface area contributed by atoms with Gasteiger partial charge in [0.15, 0.2) is 0 Å². The first-order valence-electron chi connectivity index (χ1n) is 18.0. The molecule has 4 aromatic rings. The van der Waals surface area contributed by atoms with Gasteiger partial charge in [-0.1, -0.05) is 101 Å². The predicted octanol–water partition coefficient (Wildman–Crippen LogP) is 7.01. The van der Waals surface area contributed by atoms with Crippen LogP contribution in [0.25, 0.3) is 10.9 Å². The number of aryl methyl sites for hydroxylation is 1. The van der Waals surface area contributed by atoms with Crippen molar-refractivity contribution in [2.45, 2.75) is 97.4 Å². The molecule has 2 aromatic heterocycles. The summed E-state index contributed by atoms with van der Waals surface area (Å²) in [7, 11) is 0. The molecule has 284 valence electrons. The lowest BCUT2D eigenvalue weighted by molar-refractivity contribution is -0.136. The number of nitrogens with zero attached hydrogens (tertiary/aromatic N) is 2. The molecule has 0 fully saturated rings. The molecule has 2 heterocycles. The second-order valence-corrected chi connectivity index (χ2v) is 14.5. The number of rotatable bonds is 15. The Labute approximate surface area is 318 Å². The zero-order chi connectivity index (χ0) is 38.3. The highest BCUT2D eigenvalue weighted by atomic mass is 35.5. The Morgan fingerprint density at radius 1 is 1.00 bits per heavy atom. The first-order chi connectivity index (χ1) is 25.4. The lowest BCUT2D eigenvalue weighted by atomic mass is 9.78. The number of carbonyl (C=O) groups excluding carboxylic acids is 4. The van der Waals surface area contributed by atoms with Crippen molar-refractivity contribution in [3.05, 3.63) is 81.0 Å². The summed E-state index contributed by atoms with van der Waals surface area (Å²) in [4.78, 5) is 62.4. The van der Waals surface area contributed by atoms with Gasteiger partial charge in [-0.25, -0.2) is 9.59 Å². The maximum absolute atomic E-state index is 14.8. The summed E-state index contributed by atoms with van der Waals surface area (Å²) in [6.45, 7) is 9.68. The van der Waals surface area contributed by atoms with Crippen LogP contribution in [-0.4, -0.2) is 57.2 Å². The number of benzene rings is 2. The van der Waals surface area contributed by atoms with Gasteiger partial charge in [0.25, 0.3) is 5.82 Å². The number of nitrogens with one attached hydrogen (secondary N) is 4. The average Bonchev–Trinajstić information content (AvgIpc) is 3.79. The van der Waals surface area contributed by atoms with Crippen LogP contribution in [0.4, 0.5) is 4.79 Å². The summed E-state index contributed by atoms with van der Waals surface area (Å²) < 4.78 is 16.1. The van der Waals surface area contributed by atoms with E-state index in [1.54, 1.807) is 12.1 Å². The molecule has 4 N–H and O–H groups in total. The maximum Gasteiger partial charge on any atom is 0.408 e. The maximum atomic E-state index is 14.8. The van der Waals surface area contributed by atoms with E-state index in [1.165, 1.54) is 0 Å². The Balaban J connectivity index is 1.48. The Morgan fingerprint density at radius 3 is 2.43 bits per heavy atom. The lowest BCUT2D eigenvalue weighted by Crippen LogP contribution is -2.65. The molecule has 5 atom stereocenters. The zero-order valence-corrected chi connectivity index (χ0v) is 32.0. The van der Waals surface area contributed by atoms with Crippen LogP contribution < -0.4 is 16.0 Å². The summed E-state index contributed by atoms with van der Waals surface area (Å²) in [6.07, 6.45) is 1.68. The van der Waals surface area contributed by atoms with Gasteiger partial charge in [0.1, 0.15) is 24.2 Å². The molecule has 53 heavy (non-hydrogen) atoms. The summed E-state index contributed by atoms with van der Waals surface area (Å²) in [5.74, 6) is -2.55. The SMILES string of the molecule is CCCOC(=O)c1noc(C(NC(=O)[C@]2(NC(=O)C(NC(=O)OCc3ccccc3)C(C)CC)CCc3[nH]c4c(Cl)cc(Cl)cc4c3C2)[C@@H](C)CC)n1. The van der Waals surface area contributed by atoms with Gasteiger partial charge < -0.3 is 34.9 Å². The fourth-order valence-corrected chi connectivity index (χ4v) is 6.94. The quantitative estimate of drug-likeness (QED) is 0.0926. The van der Waals surface area contributed by atoms with Crippen molar-refractivity contribution in [2.75, 3.05) is 6.61 Å². The van der Waals surface area contributed by atoms with Crippen molar-refractivity contribution in [1.29, 1.82) is 0 Å². The van der Waals surface area contributed by atoms with Crippen LogP contribution in [0.1, 0.15) is 99.7 Å². The van der Waals surface area contributed by atoms with Gasteiger partial charge in [0, 0.05) is 22.5 Å². The molecule has 13 nitrogen and oxygen atoms in total. The molecule has 0 saturated carbocycles. The minimum atomic E-state index is -1.51. The minimum Gasteiger partial charge on any atom is -0.460 e. The number of alkyl carbamates (subject to hydrolysis) is 1. The van der Waals surface area contributed by atoms with Crippen molar-refractivity contribution in [3.8, 4) is 0 Å². The van der Waals surface area contributed by atoms with Gasteiger partial charge in [0.05, 0.1) is 17.1 Å². The average molecular weight is 770 g/mol. The van der Waals surface area contributed by atoms with Crippen LogP contribution in [0, 0.1) is 11.8 Å². The molecule has 0 radical (unpaired) electrons. The molecule has 3 unspecified atom stereocenters. The number of halogens is 2. The van der Waals surface area contributed by atoms with Gasteiger partial charge in [-0.2, -0.15) is 4.98 Å². The summed E-state index contributed by atoms with van der Waals surface area (Å²) in [6, 6.07) is 10.8. The lowest BCUT2D eigenvalue weighted by Gasteiger charge is -2.39. The van der Waals surface area contributed by atoms with E-state index in [1.807, 2.05) is 65.0 Å². The summed E-state index contributed by atoms with van der Waals surface area (Å²) in [5.41, 5.74) is 1.61. The number of H-pyrrole nitrogens is 1. The van der Waals surface area contributed by atoms with E-state index in [2.05, 4.69) is 31.1 Å². The second kappa shape index (κ2) is 17.5. The molecule has 1 aliphatic rings. The van der Waals surface area contributed by atoms with Crippen LogP contribution in [0.2, 0.25) is 10.0 Å². The Hall–Kier alpha value is -4.62. The normalized spacial score (nSPS) is 17.6. The van der Waals surface area contributed by atoms with Gasteiger partial charge in [-0.3, -0.25) is 9.59 Å². The number of carbonyl (C=O) groups is 4. The van der Waals surface area contributed by atoms with E-state index in [0.29, 0.717) is 41.2 Å². The fraction of sp³-hybridized carbons (Fsp3) is 0.474. The van der Waals surface area contributed by atoms with Gasteiger partial charge in [-0.15, -0.1) is 0 Å². The molecule has 15 heteroatoms. The third-order valence-corrected chi connectivity index (χ3v) is 10.4. The van der Waals surface area contributed by atoms with E-state index >= 15 is 0 Å². The van der Waals surface area contributed by atoms with E-state index in [0.717, 1.165) is 22.2 Å². The monoisotopic (exact) mass is 768 g/mol. The molecule has 0 saturated heterocycles. The van der Waals surface area contributed by atoms with Crippen LogP contribution >= 0.6 is 23.2 Å². The van der Waals surface area contributed by atoms with Gasteiger partial charge in [-0.05, 0) is 59.5 Å². The topological polar surface area (TPSA) is 178 Å². The first kappa shape index (κ1) is 39.6. The molecule has 3 amide bonds. The highest BCUT2D eigenvalue weighted by Gasteiger charge is 2.47. The molecule has 2 aromatic carbocycles. The van der Waals surface area contributed by atoms with E-state index in [9.17, 15) is 19.2 Å². The third-order valence-electron chi connectivity index (χ3n) is 9.91. The molecule has 0 spiro atoms. The smallest absolute Gasteiger partial charge is 0.408 e. The molecular weight excluding hydrogens is 723 g/mol. The number of hydrogen-bond acceptors (Lipinski definition) is 9. The van der Waals surface area contributed by atoms with Crippen molar-refractivity contribution in [1.82, 2.24) is 31.1 Å².